The van der Waals surface area contributed by atoms with Crippen molar-refractivity contribution in [3.8, 4) is 11.3 Å². The monoisotopic (exact) mass is 360 g/mol. The van der Waals surface area contributed by atoms with E-state index in [4.69, 9.17) is 0 Å². The van der Waals surface area contributed by atoms with Crippen molar-refractivity contribution in [3.05, 3.63) is 66.5 Å². The number of nitrogens with zero attached hydrogens (tertiary/aromatic N) is 2. The summed E-state index contributed by atoms with van der Waals surface area (Å²) in [6.45, 7) is 3.95. The number of aryl methyl sites for hydroxylation is 1. The number of benzene rings is 2. The molecular formula is C22H24N4O. The Morgan fingerprint density at radius 1 is 0.963 bits per heavy atom. The lowest BCUT2D eigenvalue weighted by atomic mass is 10.1. The number of aromatic nitrogens is 2. The molecule has 0 unspecified atom stereocenters. The van der Waals surface area contributed by atoms with E-state index in [0.29, 0.717) is 12.2 Å². The minimum atomic E-state index is 0.0400. The van der Waals surface area contributed by atoms with Crippen LogP contribution in [0.2, 0.25) is 0 Å². The highest BCUT2D eigenvalue weighted by Gasteiger charge is 2.06. The van der Waals surface area contributed by atoms with Crippen molar-refractivity contribution in [2.24, 2.45) is 0 Å². The number of hydrogen-bond acceptors (Lipinski definition) is 4. The highest BCUT2D eigenvalue weighted by Crippen LogP contribution is 2.23. The molecule has 1 aromatic heterocycles. The van der Waals surface area contributed by atoms with E-state index in [-0.39, 0.29) is 5.91 Å². The molecule has 0 saturated heterocycles. The van der Waals surface area contributed by atoms with E-state index in [9.17, 15) is 4.79 Å². The molecule has 2 aromatic carbocycles. The van der Waals surface area contributed by atoms with E-state index in [1.807, 2.05) is 67.6 Å². The first-order valence-electron chi connectivity index (χ1n) is 9.22. The fourth-order valence-corrected chi connectivity index (χ4v) is 2.77. The van der Waals surface area contributed by atoms with E-state index in [2.05, 4.69) is 27.5 Å². The Bertz CT molecular complexity index is 909. The van der Waals surface area contributed by atoms with Gasteiger partial charge in [-0.25, -0.2) is 9.97 Å². The van der Waals surface area contributed by atoms with Crippen molar-refractivity contribution in [1.82, 2.24) is 9.97 Å². The zero-order chi connectivity index (χ0) is 19.1. The van der Waals surface area contributed by atoms with E-state index in [0.717, 1.165) is 41.3 Å². The van der Waals surface area contributed by atoms with Crippen LogP contribution in [-0.2, 0) is 4.79 Å². The third kappa shape index (κ3) is 5.38. The zero-order valence-electron chi connectivity index (χ0n) is 15.7. The molecule has 0 aliphatic rings. The van der Waals surface area contributed by atoms with Gasteiger partial charge in [-0.1, -0.05) is 49.7 Å². The summed E-state index contributed by atoms with van der Waals surface area (Å²) < 4.78 is 0. The molecule has 1 heterocycles. The summed E-state index contributed by atoms with van der Waals surface area (Å²) in [6.07, 6.45) is 2.44. The summed E-state index contributed by atoms with van der Waals surface area (Å²) in [5.74, 6) is 1.46. The topological polar surface area (TPSA) is 66.9 Å². The second-order valence-electron chi connectivity index (χ2n) is 6.41. The first kappa shape index (κ1) is 18.6. The van der Waals surface area contributed by atoms with Gasteiger partial charge >= 0.3 is 0 Å². The number of carbonyl (C=O) groups is 1. The Morgan fingerprint density at radius 3 is 2.52 bits per heavy atom. The summed E-state index contributed by atoms with van der Waals surface area (Å²) in [6, 6.07) is 19.6. The van der Waals surface area contributed by atoms with Crippen LogP contribution in [0.15, 0.2) is 60.7 Å². The molecule has 3 rings (SSSR count). The van der Waals surface area contributed by atoms with Gasteiger partial charge in [0, 0.05) is 29.4 Å². The highest BCUT2D eigenvalue weighted by atomic mass is 16.1. The Kier molecular flexibility index (Phi) is 6.15. The van der Waals surface area contributed by atoms with Gasteiger partial charge in [0.25, 0.3) is 0 Å². The van der Waals surface area contributed by atoms with Gasteiger partial charge in [-0.3, -0.25) is 4.79 Å². The van der Waals surface area contributed by atoms with Gasteiger partial charge in [-0.2, -0.15) is 0 Å². The van der Waals surface area contributed by atoms with Crippen molar-refractivity contribution >= 4 is 23.1 Å². The maximum atomic E-state index is 11.9. The van der Waals surface area contributed by atoms with Crippen molar-refractivity contribution in [3.63, 3.8) is 0 Å². The zero-order valence-corrected chi connectivity index (χ0v) is 15.7. The predicted molar refractivity (Wildman–Crippen MR) is 110 cm³/mol. The molecule has 27 heavy (non-hydrogen) atoms. The molecule has 0 atom stereocenters. The Balaban J connectivity index is 1.76. The van der Waals surface area contributed by atoms with Crippen molar-refractivity contribution in [2.45, 2.75) is 33.1 Å². The van der Waals surface area contributed by atoms with Crippen molar-refractivity contribution < 1.29 is 4.79 Å². The molecule has 5 heteroatoms. The van der Waals surface area contributed by atoms with Gasteiger partial charge in [0.2, 0.25) is 5.91 Å². The molecule has 138 valence electrons. The standard InChI is InChI=1S/C22H24N4O/c1-3-4-13-22(27)26-19-12-8-11-18(14-19)25-21-15-20(23-16(2)24-21)17-9-6-5-7-10-17/h5-12,14-15H,3-4,13H2,1-2H3,(H,26,27)(H,23,24,25). The lowest BCUT2D eigenvalue weighted by Crippen LogP contribution is -2.11. The van der Waals surface area contributed by atoms with Gasteiger partial charge in [-0.15, -0.1) is 0 Å². The third-order valence-electron chi connectivity index (χ3n) is 4.08. The molecule has 0 spiro atoms. The van der Waals surface area contributed by atoms with Gasteiger partial charge in [0.05, 0.1) is 5.69 Å². The number of amides is 1. The third-order valence-corrected chi connectivity index (χ3v) is 4.08. The van der Waals surface area contributed by atoms with Crippen LogP contribution in [0, 0.1) is 6.92 Å². The normalized spacial score (nSPS) is 10.4. The number of rotatable bonds is 7. The molecule has 0 saturated carbocycles. The van der Waals surface area contributed by atoms with Crippen LogP contribution in [0.5, 0.6) is 0 Å². The summed E-state index contributed by atoms with van der Waals surface area (Å²) in [7, 11) is 0. The average Bonchev–Trinajstić information content (AvgIpc) is 2.67. The molecule has 2 N–H and O–H groups in total. The smallest absolute Gasteiger partial charge is 0.224 e. The van der Waals surface area contributed by atoms with Crippen molar-refractivity contribution in [1.29, 1.82) is 0 Å². The molecule has 3 aromatic rings. The lowest BCUT2D eigenvalue weighted by molar-refractivity contribution is -0.116. The summed E-state index contributed by atoms with van der Waals surface area (Å²) in [5.41, 5.74) is 3.55. The SMILES string of the molecule is CCCCC(=O)Nc1cccc(Nc2cc(-c3ccccc3)nc(C)n2)c1. The minimum absolute atomic E-state index is 0.0400. The maximum absolute atomic E-state index is 11.9. The Morgan fingerprint density at radius 2 is 1.74 bits per heavy atom. The van der Waals surface area contributed by atoms with Crippen LogP contribution >= 0.6 is 0 Å². The van der Waals surface area contributed by atoms with E-state index < -0.39 is 0 Å². The van der Waals surface area contributed by atoms with Gasteiger partial charge < -0.3 is 10.6 Å². The van der Waals surface area contributed by atoms with E-state index >= 15 is 0 Å². The van der Waals surface area contributed by atoms with Gasteiger partial charge in [0.15, 0.2) is 0 Å². The minimum Gasteiger partial charge on any atom is -0.340 e. The summed E-state index contributed by atoms with van der Waals surface area (Å²) in [4.78, 5) is 20.9. The van der Waals surface area contributed by atoms with Crippen LogP contribution in [0.4, 0.5) is 17.2 Å². The van der Waals surface area contributed by atoms with E-state index in [1.54, 1.807) is 0 Å². The fourth-order valence-electron chi connectivity index (χ4n) is 2.77. The average molecular weight is 360 g/mol. The van der Waals surface area contributed by atoms with Crippen LogP contribution in [0.25, 0.3) is 11.3 Å². The van der Waals surface area contributed by atoms with Crippen LogP contribution in [0.3, 0.4) is 0 Å². The maximum Gasteiger partial charge on any atom is 0.224 e. The Labute approximate surface area is 159 Å². The molecular weight excluding hydrogens is 336 g/mol. The lowest BCUT2D eigenvalue weighted by Gasteiger charge is -2.11. The molecule has 5 nitrogen and oxygen atoms in total. The largest absolute Gasteiger partial charge is 0.340 e. The second kappa shape index (κ2) is 8.94. The molecule has 0 fully saturated rings. The first-order chi connectivity index (χ1) is 13.1. The molecule has 1 amide bonds. The highest BCUT2D eigenvalue weighted by molar-refractivity contribution is 5.91. The molecule has 0 aliphatic heterocycles. The number of hydrogen-bond donors (Lipinski definition) is 2. The number of carbonyl (C=O) groups excluding carboxylic acids is 1. The fraction of sp³-hybridized carbons (Fsp3) is 0.227. The number of nitrogens with one attached hydrogen (secondary N) is 2. The van der Waals surface area contributed by atoms with Crippen LogP contribution < -0.4 is 10.6 Å². The quantitative estimate of drug-likeness (QED) is 0.598. The number of anilines is 3. The van der Waals surface area contributed by atoms with E-state index in [1.165, 1.54) is 0 Å². The Hall–Kier alpha value is -3.21. The molecule has 0 radical (unpaired) electrons. The second-order valence-corrected chi connectivity index (χ2v) is 6.41. The molecule has 0 bridgehead atoms. The van der Waals surface area contributed by atoms with Gasteiger partial charge in [-0.05, 0) is 31.5 Å². The predicted octanol–water partition coefficient (Wildman–Crippen LogP) is 5.32. The molecule has 0 aliphatic carbocycles. The number of unbranched alkanes of at least 4 members (excludes halogenated alkanes) is 1. The van der Waals surface area contributed by atoms with Crippen LogP contribution in [-0.4, -0.2) is 15.9 Å². The summed E-state index contributed by atoms with van der Waals surface area (Å²) >= 11 is 0. The van der Waals surface area contributed by atoms with Gasteiger partial charge in [0.1, 0.15) is 11.6 Å². The summed E-state index contributed by atoms with van der Waals surface area (Å²) in [5, 5.41) is 6.25. The van der Waals surface area contributed by atoms with Crippen LogP contribution in [0.1, 0.15) is 32.0 Å². The first-order valence-corrected chi connectivity index (χ1v) is 9.22. The van der Waals surface area contributed by atoms with Crippen molar-refractivity contribution in [2.75, 3.05) is 10.6 Å².